The van der Waals surface area contributed by atoms with E-state index in [-0.39, 0.29) is 5.17 Å². The minimum Gasteiger partial charge on any atom is -0.343 e. The number of benzene rings is 1. The number of rotatable bonds is 2. The van der Waals surface area contributed by atoms with E-state index >= 15 is 0 Å². The van der Waals surface area contributed by atoms with Crippen LogP contribution in [0.2, 0.25) is 5.02 Å². The summed E-state index contributed by atoms with van der Waals surface area (Å²) in [5, 5.41) is 6.06. The molecule has 4 nitrogen and oxygen atoms in total. The Hall–Kier alpha value is -1.10. The lowest BCUT2D eigenvalue weighted by Crippen LogP contribution is -2.37. The van der Waals surface area contributed by atoms with Crippen LogP contribution < -0.4 is 10.3 Å². The van der Waals surface area contributed by atoms with Crippen LogP contribution in [0.3, 0.4) is 0 Å². The summed E-state index contributed by atoms with van der Waals surface area (Å²) in [6, 6.07) is 6.78. The standard InChI is InChI=1S/C9H6Cl3N3O/c10-6-1-3-7(4-2-6)16-15-13-8(11)5-9(12)14-15/h1-5,13H. The molecular formula is C9H6Cl3N3O. The number of hydrazine groups is 1. The van der Waals surface area contributed by atoms with Crippen molar-refractivity contribution in [2.45, 2.75) is 0 Å². The highest BCUT2D eigenvalue weighted by Crippen LogP contribution is 2.17. The van der Waals surface area contributed by atoms with Crippen LogP contribution in [0.25, 0.3) is 0 Å². The van der Waals surface area contributed by atoms with Crippen molar-refractivity contribution in [2.24, 2.45) is 5.10 Å². The number of hydrogen-bond donors (Lipinski definition) is 1. The second kappa shape index (κ2) is 4.82. The van der Waals surface area contributed by atoms with Crippen LogP contribution >= 0.6 is 34.8 Å². The van der Waals surface area contributed by atoms with Crippen molar-refractivity contribution in [3.63, 3.8) is 0 Å². The first-order valence-electron chi connectivity index (χ1n) is 4.25. The van der Waals surface area contributed by atoms with Crippen LogP contribution in [0.15, 0.2) is 40.6 Å². The van der Waals surface area contributed by atoms with Gasteiger partial charge in [0.15, 0.2) is 10.9 Å². The highest BCUT2D eigenvalue weighted by atomic mass is 35.5. The molecule has 0 bridgehead atoms. The van der Waals surface area contributed by atoms with Crippen molar-refractivity contribution in [3.8, 4) is 5.75 Å². The summed E-state index contributed by atoms with van der Waals surface area (Å²) >= 11 is 17.2. The molecule has 1 aliphatic rings. The van der Waals surface area contributed by atoms with Crippen molar-refractivity contribution >= 4 is 40.0 Å². The smallest absolute Gasteiger partial charge is 0.159 e. The molecule has 1 aromatic rings. The molecule has 0 aliphatic carbocycles. The van der Waals surface area contributed by atoms with Crippen LogP contribution in [0.5, 0.6) is 5.75 Å². The summed E-state index contributed by atoms with van der Waals surface area (Å²) in [7, 11) is 0. The molecule has 0 radical (unpaired) electrons. The summed E-state index contributed by atoms with van der Waals surface area (Å²) < 4.78 is 0. The maximum Gasteiger partial charge on any atom is 0.159 e. The van der Waals surface area contributed by atoms with Gasteiger partial charge in [-0.05, 0) is 29.5 Å². The zero-order valence-corrected chi connectivity index (χ0v) is 10.1. The van der Waals surface area contributed by atoms with Gasteiger partial charge < -0.3 is 4.84 Å². The van der Waals surface area contributed by atoms with Crippen LogP contribution in [0, 0.1) is 0 Å². The normalized spacial score (nSPS) is 15.1. The second-order valence-corrected chi connectivity index (χ2v) is 4.08. The van der Waals surface area contributed by atoms with Crippen molar-refractivity contribution in [2.75, 3.05) is 0 Å². The fourth-order valence-corrected chi connectivity index (χ4v) is 1.54. The molecule has 0 aromatic heterocycles. The third kappa shape index (κ3) is 2.95. The van der Waals surface area contributed by atoms with Gasteiger partial charge in [-0.3, -0.25) is 0 Å². The van der Waals surface area contributed by atoms with Gasteiger partial charge in [0, 0.05) is 11.1 Å². The molecule has 2 rings (SSSR count). The zero-order chi connectivity index (χ0) is 11.5. The predicted octanol–water partition coefficient (Wildman–Crippen LogP) is 3.09. The Labute approximate surface area is 107 Å². The molecule has 0 saturated heterocycles. The maximum atomic E-state index is 5.74. The topological polar surface area (TPSA) is 36.9 Å². The van der Waals surface area contributed by atoms with E-state index < -0.39 is 0 Å². The highest BCUT2D eigenvalue weighted by Gasteiger charge is 2.11. The Morgan fingerprint density at radius 2 is 1.81 bits per heavy atom. The molecule has 84 valence electrons. The maximum absolute atomic E-state index is 5.74. The fraction of sp³-hybridized carbons (Fsp3) is 0. The van der Waals surface area contributed by atoms with Gasteiger partial charge in [0.05, 0.1) is 0 Å². The Balaban J connectivity index is 2.06. The molecule has 0 atom stereocenters. The SMILES string of the molecule is ClC1=CC(Cl)=NN(Oc2ccc(Cl)cc2)N1. The molecule has 1 N–H and O–H groups in total. The van der Waals surface area contributed by atoms with E-state index in [0.717, 1.165) is 5.28 Å². The van der Waals surface area contributed by atoms with Gasteiger partial charge in [-0.25, -0.2) is 5.43 Å². The first-order valence-corrected chi connectivity index (χ1v) is 5.38. The predicted molar refractivity (Wildman–Crippen MR) is 64.3 cm³/mol. The number of allylic oxidation sites excluding steroid dienone is 1. The van der Waals surface area contributed by atoms with E-state index in [4.69, 9.17) is 39.6 Å². The Kier molecular flexibility index (Phi) is 3.43. The van der Waals surface area contributed by atoms with Crippen molar-refractivity contribution < 1.29 is 4.84 Å². The van der Waals surface area contributed by atoms with Crippen molar-refractivity contribution in [1.29, 1.82) is 0 Å². The molecule has 1 aromatic carbocycles. The second-order valence-electron chi connectivity index (χ2n) is 2.84. The quantitative estimate of drug-likeness (QED) is 0.845. The lowest BCUT2D eigenvalue weighted by atomic mass is 10.3. The molecule has 1 heterocycles. The van der Waals surface area contributed by atoms with Gasteiger partial charge in [-0.1, -0.05) is 34.8 Å². The monoisotopic (exact) mass is 277 g/mol. The van der Waals surface area contributed by atoms with E-state index in [2.05, 4.69) is 10.5 Å². The summed E-state index contributed by atoms with van der Waals surface area (Å²) in [6.07, 6.45) is 1.46. The van der Waals surface area contributed by atoms with Crippen LogP contribution in [-0.2, 0) is 0 Å². The number of hydrogen-bond acceptors (Lipinski definition) is 4. The molecule has 0 fully saturated rings. The van der Waals surface area contributed by atoms with Crippen LogP contribution in [0.1, 0.15) is 0 Å². The number of nitrogens with one attached hydrogen (secondary N) is 1. The molecule has 0 saturated carbocycles. The first kappa shape index (κ1) is 11.4. The van der Waals surface area contributed by atoms with E-state index in [0.29, 0.717) is 15.9 Å². The molecular weight excluding hydrogens is 272 g/mol. The Morgan fingerprint density at radius 1 is 1.12 bits per heavy atom. The fourth-order valence-electron chi connectivity index (χ4n) is 1.01. The van der Waals surface area contributed by atoms with E-state index in [9.17, 15) is 0 Å². The first-order chi connectivity index (χ1) is 7.63. The van der Waals surface area contributed by atoms with E-state index in [1.54, 1.807) is 24.3 Å². The Bertz CT molecular complexity index is 444. The summed E-state index contributed by atoms with van der Waals surface area (Å²) in [5.41, 5.74) is 2.64. The summed E-state index contributed by atoms with van der Waals surface area (Å²) in [5.74, 6) is 0.552. The van der Waals surface area contributed by atoms with Gasteiger partial charge in [-0.2, -0.15) is 0 Å². The largest absolute Gasteiger partial charge is 0.343 e. The van der Waals surface area contributed by atoms with Gasteiger partial charge in [0.1, 0.15) is 5.16 Å². The van der Waals surface area contributed by atoms with Gasteiger partial charge in [0.2, 0.25) is 0 Å². The molecule has 0 amide bonds. The summed E-state index contributed by atoms with van der Waals surface area (Å²) in [6.45, 7) is 0. The number of halogens is 3. The van der Waals surface area contributed by atoms with E-state index in [1.807, 2.05) is 0 Å². The third-order valence-electron chi connectivity index (χ3n) is 1.64. The molecule has 0 spiro atoms. The van der Waals surface area contributed by atoms with Crippen molar-refractivity contribution in [3.05, 3.63) is 40.5 Å². The van der Waals surface area contributed by atoms with Crippen molar-refractivity contribution in [1.82, 2.24) is 10.7 Å². The minimum absolute atomic E-state index is 0.220. The highest BCUT2D eigenvalue weighted by molar-refractivity contribution is 6.69. The third-order valence-corrected chi connectivity index (χ3v) is 2.27. The molecule has 1 aliphatic heterocycles. The zero-order valence-electron chi connectivity index (χ0n) is 7.82. The average molecular weight is 279 g/mol. The van der Waals surface area contributed by atoms with Gasteiger partial charge in [0.25, 0.3) is 0 Å². The van der Waals surface area contributed by atoms with Gasteiger partial charge >= 0.3 is 0 Å². The minimum atomic E-state index is 0.220. The number of nitrogens with zero attached hydrogens (tertiary/aromatic N) is 2. The van der Waals surface area contributed by atoms with E-state index in [1.165, 1.54) is 6.08 Å². The summed E-state index contributed by atoms with van der Waals surface area (Å²) in [4.78, 5) is 5.32. The average Bonchev–Trinajstić information content (AvgIpc) is 2.20. The molecule has 16 heavy (non-hydrogen) atoms. The van der Waals surface area contributed by atoms with Crippen LogP contribution in [0.4, 0.5) is 0 Å². The number of hydrazone groups is 1. The molecule has 7 heteroatoms. The van der Waals surface area contributed by atoms with Crippen LogP contribution in [-0.4, -0.2) is 10.5 Å². The molecule has 0 unspecified atom stereocenters. The van der Waals surface area contributed by atoms with Gasteiger partial charge in [-0.15, -0.1) is 5.10 Å². The Morgan fingerprint density at radius 3 is 2.44 bits per heavy atom. The lowest BCUT2D eigenvalue weighted by molar-refractivity contribution is -0.0935. The lowest BCUT2D eigenvalue weighted by Gasteiger charge is -2.22.